The Morgan fingerprint density at radius 3 is 2.42 bits per heavy atom. The van der Waals surface area contributed by atoms with Crippen LogP contribution in [0.1, 0.15) is 11.1 Å². The molecule has 0 amide bonds. The molecule has 3 aromatic carbocycles. The lowest BCUT2D eigenvalue weighted by atomic mass is 10.1. The molecule has 0 aliphatic carbocycles. The number of aromatic nitrogens is 2. The number of ether oxygens (including phenoxy) is 1. The summed E-state index contributed by atoms with van der Waals surface area (Å²) in [6.07, 6.45) is -4.29. The van der Waals surface area contributed by atoms with Crippen molar-refractivity contribution < 1.29 is 22.3 Å². The Morgan fingerprint density at radius 2 is 1.76 bits per heavy atom. The molecular weight excluding hydrogens is 504 g/mol. The lowest BCUT2D eigenvalue weighted by Gasteiger charge is -2.16. The number of hydrogen-bond acceptors (Lipinski definition) is 3. The molecule has 170 valence electrons. The van der Waals surface area contributed by atoms with E-state index in [1.807, 2.05) is 12.1 Å². The second-order valence-corrected chi connectivity index (χ2v) is 8.26. The Bertz CT molecular complexity index is 1380. The summed E-state index contributed by atoms with van der Waals surface area (Å²) in [4.78, 5) is 17.7. The lowest BCUT2D eigenvalue weighted by molar-refractivity contribution is -0.137. The first-order valence-electron chi connectivity index (χ1n) is 9.87. The van der Waals surface area contributed by atoms with Gasteiger partial charge in [0.2, 0.25) is 0 Å². The van der Waals surface area contributed by atoms with Crippen molar-refractivity contribution in [2.45, 2.75) is 19.1 Å². The van der Waals surface area contributed by atoms with Crippen molar-refractivity contribution in [3.8, 4) is 17.1 Å². The highest BCUT2D eigenvalue weighted by molar-refractivity contribution is 9.10. The summed E-state index contributed by atoms with van der Waals surface area (Å²) in [5, 5.41) is 0.273. The Kier molecular flexibility index (Phi) is 6.25. The molecule has 0 unspecified atom stereocenters. The SMILES string of the molecule is COc1ccc(CCn2c(-c3cc(C(F)(F)F)ccc3F)nc3ccc(Br)cc3c2=O)cc1. The van der Waals surface area contributed by atoms with Gasteiger partial charge in [-0.1, -0.05) is 28.1 Å². The Morgan fingerprint density at radius 1 is 1.03 bits per heavy atom. The molecule has 4 nitrogen and oxygen atoms in total. The van der Waals surface area contributed by atoms with Crippen molar-refractivity contribution >= 4 is 26.8 Å². The highest BCUT2D eigenvalue weighted by Crippen LogP contribution is 2.33. The van der Waals surface area contributed by atoms with Crippen LogP contribution in [-0.4, -0.2) is 16.7 Å². The Labute approximate surface area is 194 Å². The van der Waals surface area contributed by atoms with E-state index in [-0.39, 0.29) is 28.8 Å². The maximum atomic E-state index is 14.7. The monoisotopic (exact) mass is 520 g/mol. The molecule has 0 aliphatic heterocycles. The molecule has 4 rings (SSSR count). The molecule has 0 saturated carbocycles. The summed E-state index contributed by atoms with van der Waals surface area (Å²) in [5.74, 6) is -0.392. The summed E-state index contributed by atoms with van der Waals surface area (Å²) >= 11 is 3.31. The molecule has 0 spiro atoms. The van der Waals surface area contributed by atoms with Gasteiger partial charge in [-0.05, 0) is 60.5 Å². The van der Waals surface area contributed by atoms with Gasteiger partial charge in [0.1, 0.15) is 17.4 Å². The molecule has 0 N–H and O–H groups in total. The predicted octanol–water partition coefficient (Wildman–Crippen LogP) is 6.24. The van der Waals surface area contributed by atoms with E-state index in [1.165, 1.54) is 4.57 Å². The van der Waals surface area contributed by atoms with Gasteiger partial charge in [0.05, 0.1) is 29.1 Å². The van der Waals surface area contributed by atoms with Crippen molar-refractivity contribution in [2.24, 2.45) is 0 Å². The van der Waals surface area contributed by atoms with Crippen LogP contribution in [0.2, 0.25) is 0 Å². The summed E-state index contributed by atoms with van der Waals surface area (Å²) < 4.78 is 61.6. The van der Waals surface area contributed by atoms with Gasteiger partial charge in [0, 0.05) is 11.0 Å². The van der Waals surface area contributed by atoms with Crippen LogP contribution in [0, 0.1) is 5.82 Å². The number of hydrogen-bond donors (Lipinski definition) is 0. The number of halogens is 5. The van der Waals surface area contributed by atoms with E-state index in [0.717, 1.165) is 11.6 Å². The van der Waals surface area contributed by atoms with Crippen LogP contribution in [0.5, 0.6) is 5.75 Å². The fraction of sp³-hybridized carbons (Fsp3) is 0.167. The molecular formula is C24H17BrF4N2O2. The second kappa shape index (κ2) is 8.97. The molecule has 4 aromatic rings. The van der Waals surface area contributed by atoms with E-state index in [1.54, 1.807) is 37.4 Å². The van der Waals surface area contributed by atoms with Gasteiger partial charge in [0.15, 0.2) is 0 Å². The van der Waals surface area contributed by atoms with Gasteiger partial charge < -0.3 is 4.74 Å². The Balaban J connectivity index is 1.88. The molecule has 0 fully saturated rings. The normalized spacial score (nSPS) is 11.7. The lowest BCUT2D eigenvalue weighted by Crippen LogP contribution is -2.25. The summed E-state index contributed by atoms with van der Waals surface area (Å²) in [5.41, 5.74) is -0.753. The van der Waals surface area contributed by atoms with E-state index in [2.05, 4.69) is 20.9 Å². The molecule has 9 heteroatoms. The van der Waals surface area contributed by atoms with Gasteiger partial charge in [-0.2, -0.15) is 13.2 Å². The van der Waals surface area contributed by atoms with Crippen LogP contribution < -0.4 is 10.3 Å². The minimum absolute atomic E-state index is 0.0889. The van der Waals surface area contributed by atoms with Crippen molar-refractivity contribution in [3.05, 3.63) is 92.4 Å². The van der Waals surface area contributed by atoms with Gasteiger partial charge in [-0.3, -0.25) is 9.36 Å². The smallest absolute Gasteiger partial charge is 0.416 e. The van der Waals surface area contributed by atoms with Crippen molar-refractivity contribution in [2.75, 3.05) is 7.11 Å². The van der Waals surface area contributed by atoms with Crippen molar-refractivity contribution in [1.29, 1.82) is 0 Å². The number of methoxy groups -OCH3 is 1. The average molecular weight is 521 g/mol. The minimum atomic E-state index is -4.67. The maximum Gasteiger partial charge on any atom is 0.416 e. The van der Waals surface area contributed by atoms with Crippen LogP contribution in [-0.2, 0) is 19.1 Å². The molecule has 0 radical (unpaired) electrons. The van der Waals surface area contributed by atoms with E-state index >= 15 is 0 Å². The molecule has 1 heterocycles. The third-order valence-electron chi connectivity index (χ3n) is 5.23. The quantitative estimate of drug-likeness (QED) is 0.293. The number of benzene rings is 3. The van der Waals surface area contributed by atoms with Crippen LogP contribution in [0.15, 0.2) is 69.9 Å². The van der Waals surface area contributed by atoms with Crippen LogP contribution >= 0.6 is 15.9 Å². The minimum Gasteiger partial charge on any atom is -0.497 e. The van der Waals surface area contributed by atoms with Crippen molar-refractivity contribution in [3.63, 3.8) is 0 Å². The molecule has 0 atom stereocenters. The summed E-state index contributed by atoms with van der Waals surface area (Å²) in [6.45, 7) is 0.0889. The first kappa shape index (κ1) is 23.0. The van der Waals surface area contributed by atoms with Crippen LogP contribution in [0.4, 0.5) is 17.6 Å². The number of alkyl halides is 3. The van der Waals surface area contributed by atoms with Gasteiger partial charge in [-0.15, -0.1) is 0 Å². The number of rotatable bonds is 5. The van der Waals surface area contributed by atoms with Gasteiger partial charge >= 0.3 is 6.18 Å². The average Bonchev–Trinajstić information content (AvgIpc) is 2.78. The molecule has 0 bridgehead atoms. The van der Waals surface area contributed by atoms with Crippen LogP contribution in [0.3, 0.4) is 0 Å². The zero-order chi connectivity index (χ0) is 23.8. The first-order valence-corrected chi connectivity index (χ1v) is 10.7. The molecule has 33 heavy (non-hydrogen) atoms. The van der Waals surface area contributed by atoms with E-state index in [9.17, 15) is 22.4 Å². The fourth-order valence-corrected chi connectivity index (χ4v) is 3.87. The summed E-state index contributed by atoms with van der Waals surface area (Å²) in [6, 6.07) is 14.1. The third-order valence-corrected chi connectivity index (χ3v) is 5.73. The van der Waals surface area contributed by atoms with E-state index < -0.39 is 23.1 Å². The van der Waals surface area contributed by atoms with Gasteiger partial charge in [-0.25, -0.2) is 9.37 Å². The van der Waals surface area contributed by atoms with E-state index in [0.29, 0.717) is 28.8 Å². The predicted molar refractivity (Wildman–Crippen MR) is 121 cm³/mol. The van der Waals surface area contributed by atoms with Gasteiger partial charge in [0.25, 0.3) is 5.56 Å². The highest BCUT2D eigenvalue weighted by Gasteiger charge is 2.32. The topological polar surface area (TPSA) is 44.1 Å². The largest absolute Gasteiger partial charge is 0.497 e. The molecule has 0 aliphatic rings. The molecule has 1 aromatic heterocycles. The second-order valence-electron chi connectivity index (χ2n) is 7.34. The highest BCUT2D eigenvalue weighted by atomic mass is 79.9. The van der Waals surface area contributed by atoms with E-state index in [4.69, 9.17) is 4.74 Å². The maximum absolute atomic E-state index is 14.7. The summed E-state index contributed by atoms with van der Waals surface area (Å²) in [7, 11) is 1.54. The van der Waals surface area contributed by atoms with Crippen molar-refractivity contribution in [1.82, 2.24) is 9.55 Å². The zero-order valence-corrected chi connectivity index (χ0v) is 18.9. The standard InChI is InChI=1S/C24H17BrF4N2O2/c1-33-17-6-2-14(3-7-17)10-11-31-22(18-12-15(24(27,28)29)4-8-20(18)26)30-21-9-5-16(25)13-19(21)23(31)32/h2-9,12-13H,10-11H2,1H3. The Hall–Kier alpha value is -3.20. The fourth-order valence-electron chi connectivity index (χ4n) is 3.51. The third kappa shape index (κ3) is 4.78. The first-order chi connectivity index (χ1) is 15.7. The molecule has 0 saturated heterocycles. The number of aryl methyl sites for hydroxylation is 1. The number of fused-ring (bicyclic) bond motifs is 1. The zero-order valence-electron chi connectivity index (χ0n) is 17.3. The number of nitrogens with zero attached hydrogens (tertiary/aromatic N) is 2. The van der Waals surface area contributed by atoms with Crippen LogP contribution in [0.25, 0.3) is 22.3 Å².